The molecule has 2 aliphatic carbocycles. The van der Waals surface area contributed by atoms with Crippen LogP contribution in [0.5, 0.6) is 11.6 Å². The van der Waals surface area contributed by atoms with Crippen LogP contribution in [0.3, 0.4) is 0 Å². The number of benzene rings is 1. The molecular weight excluding hydrogens is 463 g/mol. The Labute approximate surface area is 198 Å². The molecule has 0 N–H and O–H groups in total. The second-order valence-corrected chi connectivity index (χ2v) is 9.09. The number of carbonyl (C=O) groups is 1. The van der Waals surface area contributed by atoms with Crippen molar-refractivity contribution in [2.24, 2.45) is 11.3 Å². The summed E-state index contributed by atoms with van der Waals surface area (Å²) in [5, 5.41) is 0. The fourth-order valence-electron chi connectivity index (χ4n) is 5.62. The van der Waals surface area contributed by atoms with E-state index in [1.165, 1.54) is 7.11 Å². The number of ether oxygens (including phenoxy) is 2. The summed E-state index contributed by atoms with van der Waals surface area (Å²) >= 11 is 0. The number of amides is 1. The van der Waals surface area contributed by atoms with Crippen LogP contribution in [-0.4, -0.2) is 56.5 Å². The predicted molar refractivity (Wildman–Crippen MR) is 115 cm³/mol. The molecular formula is C24H20F3N5O3. The van der Waals surface area contributed by atoms with Crippen LogP contribution in [-0.2, 0) is 6.18 Å². The van der Waals surface area contributed by atoms with Crippen LogP contribution >= 0.6 is 0 Å². The van der Waals surface area contributed by atoms with Crippen molar-refractivity contribution in [3.8, 4) is 23.0 Å². The second-order valence-electron chi connectivity index (χ2n) is 9.09. The number of hydrogen-bond donors (Lipinski definition) is 0. The maximum absolute atomic E-state index is 13.9. The number of carbonyl (C=O) groups excluding carboxylic acids is 1. The molecule has 3 aromatic rings. The number of methoxy groups -OCH3 is 1. The van der Waals surface area contributed by atoms with Crippen LogP contribution in [0.15, 0.2) is 49.1 Å². The molecule has 4 unspecified atom stereocenters. The van der Waals surface area contributed by atoms with Crippen LogP contribution in [0.2, 0.25) is 0 Å². The normalized spacial score (nSPS) is 26.4. The molecule has 1 spiro atoms. The first-order valence-electron chi connectivity index (χ1n) is 11.1. The van der Waals surface area contributed by atoms with Crippen LogP contribution in [0.1, 0.15) is 28.9 Å². The molecule has 3 aliphatic rings. The number of halogens is 3. The second kappa shape index (κ2) is 7.62. The molecule has 6 rings (SSSR count). The van der Waals surface area contributed by atoms with Gasteiger partial charge < -0.3 is 14.4 Å². The van der Waals surface area contributed by atoms with Crippen LogP contribution in [0.4, 0.5) is 13.2 Å². The Kier molecular flexibility index (Phi) is 4.74. The SMILES string of the molecule is COc1cccc(-c2ncccn2)c1C(=O)N1CC2CC23CC(Oc2cnc(C(F)(F)F)cn2)C13. The third-order valence-corrected chi connectivity index (χ3v) is 7.27. The molecule has 2 saturated carbocycles. The van der Waals surface area contributed by atoms with Gasteiger partial charge in [-0.05, 0) is 30.9 Å². The number of nitrogens with zero attached hydrogens (tertiary/aromatic N) is 5. The van der Waals surface area contributed by atoms with Gasteiger partial charge in [0.15, 0.2) is 11.5 Å². The quantitative estimate of drug-likeness (QED) is 0.547. The van der Waals surface area contributed by atoms with Crippen molar-refractivity contribution in [2.75, 3.05) is 13.7 Å². The van der Waals surface area contributed by atoms with Gasteiger partial charge in [0.25, 0.3) is 5.91 Å². The zero-order valence-electron chi connectivity index (χ0n) is 18.6. The maximum atomic E-state index is 13.9. The largest absolute Gasteiger partial charge is 0.496 e. The summed E-state index contributed by atoms with van der Waals surface area (Å²) in [6, 6.07) is 6.77. The summed E-state index contributed by atoms with van der Waals surface area (Å²) in [5.41, 5.74) is -0.153. The van der Waals surface area contributed by atoms with Gasteiger partial charge >= 0.3 is 6.18 Å². The van der Waals surface area contributed by atoms with E-state index in [0.717, 1.165) is 19.0 Å². The number of hydrogen-bond acceptors (Lipinski definition) is 7. The van der Waals surface area contributed by atoms with Gasteiger partial charge in [-0.25, -0.2) is 19.9 Å². The molecule has 180 valence electrons. The molecule has 2 aromatic heterocycles. The Morgan fingerprint density at radius 2 is 1.89 bits per heavy atom. The molecule has 4 atom stereocenters. The van der Waals surface area contributed by atoms with Gasteiger partial charge in [-0.3, -0.25) is 4.79 Å². The zero-order valence-corrected chi connectivity index (χ0v) is 18.6. The fraction of sp³-hybridized carbons (Fsp3) is 0.375. The number of piperidine rings is 1. The monoisotopic (exact) mass is 483 g/mol. The average molecular weight is 483 g/mol. The summed E-state index contributed by atoms with van der Waals surface area (Å²) in [6.07, 6.45) is 1.61. The highest BCUT2D eigenvalue weighted by Crippen LogP contribution is 2.71. The Morgan fingerprint density at radius 1 is 1.09 bits per heavy atom. The smallest absolute Gasteiger partial charge is 0.434 e. The van der Waals surface area contributed by atoms with Crippen LogP contribution < -0.4 is 9.47 Å². The van der Waals surface area contributed by atoms with E-state index < -0.39 is 11.9 Å². The van der Waals surface area contributed by atoms with E-state index in [0.29, 0.717) is 41.4 Å². The van der Waals surface area contributed by atoms with Gasteiger partial charge in [0.05, 0.1) is 31.1 Å². The standard InChI is InChI=1S/C24H20F3N5O3/c1-34-15-5-2-4-14(21-28-6-3-7-29-21)19(15)22(33)32-12-13-8-23(13)9-16(20(23)32)35-18-11-30-17(10-31-18)24(25,26)27/h2-7,10-11,13,16,20H,8-9,12H2,1H3. The van der Waals surface area contributed by atoms with Gasteiger partial charge in [-0.1, -0.05) is 12.1 Å². The van der Waals surface area contributed by atoms with E-state index >= 15 is 0 Å². The third-order valence-electron chi connectivity index (χ3n) is 7.27. The summed E-state index contributed by atoms with van der Waals surface area (Å²) in [4.78, 5) is 31.5. The van der Waals surface area contributed by atoms with Gasteiger partial charge in [-0.2, -0.15) is 13.2 Å². The molecule has 1 aromatic carbocycles. The molecule has 0 radical (unpaired) electrons. The number of rotatable bonds is 5. The topological polar surface area (TPSA) is 90.3 Å². The molecule has 11 heteroatoms. The highest BCUT2D eigenvalue weighted by atomic mass is 19.4. The predicted octanol–water partition coefficient (Wildman–Crippen LogP) is 3.64. The highest BCUT2D eigenvalue weighted by molar-refractivity contribution is 6.03. The van der Waals surface area contributed by atoms with E-state index in [-0.39, 0.29) is 29.3 Å². The first-order valence-corrected chi connectivity index (χ1v) is 11.1. The minimum Gasteiger partial charge on any atom is -0.496 e. The Hall–Kier alpha value is -3.76. The Balaban J connectivity index is 1.29. The minimum absolute atomic E-state index is 0.00464. The molecule has 3 heterocycles. The Bertz CT molecular complexity index is 1290. The van der Waals surface area contributed by atoms with Crippen LogP contribution in [0, 0.1) is 11.3 Å². The highest BCUT2D eigenvalue weighted by Gasteiger charge is 2.76. The van der Waals surface area contributed by atoms with Gasteiger partial charge in [-0.15, -0.1) is 0 Å². The molecule has 8 nitrogen and oxygen atoms in total. The summed E-state index contributed by atoms with van der Waals surface area (Å²) < 4.78 is 49.9. The summed E-state index contributed by atoms with van der Waals surface area (Å²) in [5.74, 6) is 0.995. The summed E-state index contributed by atoms with van der Waals surface area (Å²) in [7, 11) is 1.50. The molecule has 3 fully saturated rings. The first kappa shape index (κ1) is 21.8. The lowest BCUT2D eigenvalue weighted by Gasteiger charge is -2.47. The molecule has 35 heavy (non-hydrogen) atoms. The molecule has 1 saturated heterocycles. The molecule has 1 aliphatic heterocycles. The molecule has 1 amide bonds. The lowest BCUT2D eigenvalue weighted by atomic mass is 9.73. The van der Waals surface area contributed by atoms with Crippen molar-refractivity contribution in [2.45, 2.75) is 31.2 Å². The average Bonchev–Trinajstić information content (AvgIpc) is 3.51. The van der Waals surface area contributed by atoms with E-state index in [9.17, 15) is 18.0 Å². The minimum atomic E-state index is -4.57. The summed E-state index contributed by atoms with van der Waals surface area (Å²) in [6.45, 7) is 0.579. The van der Waals surface area contributed by atoms with Gasteiger partial charge in [0, 0.05) is 29.9 Å². The number of likely N-dealkylation sites (tertiary alicyclic amines) is 1. The van der Waals surface area contributed by atoms with Crippen molar-refractivity contribution in [1.82, 2.24) is 24.8 Å². The van der Waals surface area contributed by atoms with E-state index in [1.54, 1.807) is 41.6 Å². The van der Waals surface area contributed by atoms with Crippen LogP contribution in [0.25, 0.3) is 11.4 Å². The lowest BCUT2D eigenvalue weighted by Crippen LogP contribution is -2.59. The number of alkyl halides is 3. The Morgan fingerprint density at radius 3 is 2.57 bits per heavy atom. The first-order chi connectivity index (χ1) is 16.8. The van der Waals surface area contributed by atoms with Crippen molar-refractivity contribution in [3.63, 3.8) is 0 Å². The zero-order chi connectivity index (χ0) is 24.4. The van der Waals surface area contributed by atoms with Crippen molar-refractivity contribution < 1.29 is 27.4 Å². The fourth-order valence-corrected chi connectivity index (χ4v) is 5.62. The van der Waals surface area contributed by atoms with Gasteiger partial charge in [0.1, 0.15) is 11.9 Å². The van der Waals surface area contributed by atoms with Crippen molar-refractivity contribution in [3.05, 3.63) is 60.3 Å². The van der Waals surface area contributed by atoms with Crippen molar-refractivity contribution >= 4 is 5.91 Å². The molecule has 0 bridgehead atoms. The third kappa shape index (κ3) is 3.40. The maximum Gasteiger partial charge on any atom is 0.434 e. The van der Waals surface area contributed by atoms with E-state index in [1.807, 2.05) is 0 Å². The number of aromatic nitrogens is 4. The van der Waals surface area contributed by atoms with E-state index in [2.05, 4.69) is 19.9 Å². The van der Waals surface area contributed by atoms with E-state index in [4.69, 9.17) is 9.47 Å². The van der Waals surface area contributed by atoms with Crippen molar-refractivity contribution in [1.29, 1.82) is 0 Å². The van der Waals surface area contributed by atoms with Gasteiger partial charge in [0.2, 0.25) is 5.88 Å². The lowest BCUT2D eigenvalue weighted by molar-refractivity contribution is -0.141.